The van der Waals surface area contributed by atoms with Crippen LogP contribution in [0.25, 0.3) is 0 Å². The van der Waals surface area contributed by atoms with Crippen LogP contribution in [-0.4, -0.2) is 41.9 Å². The van der Waals surface area contributed by atoms with Crippen molar-refractivity contribution >= 4 is 27.6 Å². The fourth-order valence-electron chi connectivity index (χ4n) is 3.22. The van der Waals surface area contributed by atoms with Gasteiger partial charge in [0, 0.05) is 5.25 Å². The standard InChI is InChI=1S/C19H24O5S2/c1-3-5-13-24-15-9-11-16(12-10-15)26(22,23)19(4-2,18(20)21)17-8-6-7-14-25-17/h9-12,17H,4,6-8,13-14H2,1-2H3,(H,20,21). The molecule has 26 heavy (non-hydrogen) atoms. The van der Waals surface area contributed by atoms with Gasteiger partial charge in [0.15, 0.2) is 14.6 Å². The lowest BCUT2D eigenvalue weighted by atomic mass is 9.96. The second-order valence-electron chi connectivity index (χ2n) is 6.09. The summed E-state index contributed by atoms with van der Waals surface area (Å²) in [7, 11) is -4.06. The molecule has 0 aromatic heterocycles. The Kier molecular flexibility index (Phi) is 7.01. The van der Waals surface area contributed by atoms with Gasteiger partial charge in [0.2, 0.25) is 0 Å². The first kappa shape index (κ1) is 20.7. The summed E-state index contributed by atoms with van der Waals surface area (Å²) in [5, 5.41) is 9.49. The minimum atomic E-state index is -4.06. The molecule has 0 saturated carbocycles. The molecule has 0 aliphatic carbocycles. The molecule has 1 aliphatic rings. The fraction of sp³-hybridized carbons (Fsp3) is 0.526. The summed E-state index contributed by atoms with van der Waals surface area (Å²) < 4.78 is 30.3. The Morgan fingerprint density at radius 1 is 1.35 bits per heavy atom. The van der Waals surface area contributed by atoms with Gasteiger partial charge in [-0.25, -0.2) is 8.42 Å². The second kappa shape index (κ2) is 8.83. The van der Waals surface area contributed by atoms with E-state index in [9.17, 15) is 18.3 Å². The number of aliphatic carboxylic acids is 1. The van der Waals surface area contributed by atoms with Crippen molar-refractivity contribution in [2.75, 3.05) is 12.4 Å². The molecule has 7 heteroatoms. The van der Waals surface area contributed by atoms with Crippen molar-refractivity contribution in [3.05, 3.63) is 24.3 Å². The van der Waals surface area contributed by atoms with E-state index in [0.29, 0.717) is 12.2 Å². The van der Waals surface area contributed by atoms with E-state index in [1.54, 1.807) is 26.0 Å². The van der Waals surface area contributed by atoms with Gasteiger partial charge >= 0.3 is 5.97 Å². The maximum Gasteiger partial charge on any atom is 0.326 e. The second-order valence-corrected chi connectivity index (χ2v) is 9.61. The molecule has 1 aliphatic heterocycles. The third-order valence-electron chi connectivity index (χ3n) is 4.69. The molecular weight excluding hydrogens is 372 g/mol. The van der Waals surface area contributed by atoms with Crippen molar-refractivity contribution in [2.45, 2.75) is 54.4 Å². The molecule has 0 bridgehead atoms. The predicted molar refractivity (Wildman–Crippen MR) is 103 cm³/mol. The summed E-state index contributed by atoms with van der Waals surface area (Å²) >= 11 is 1.46. The third-order valence-corrected chi connectivity index (χ3v) is 9.00. The van der Waals surface area contributed by atoms with Gasteiger partial charge in [0.05, 0.1) is 4.90 Å². The number of benzene rings is 1. The smallest absolute Gasteiger partial charge is 0.326 e. The van der Waals surface area contributed by atoms with Gasteiger partial charge in [0.25, 0.3) is 0 Å². The Bertz CT molecular complexity index is 783. The molecule has 1 saturated heterocycles. The number of carboxylic acid groups (broad SMARTS) is 1. The molecule has 5 nitrogen and oxygen atoms in total. The maximum absolute atomic E-state index is 13.3. The first-order valence-corrected chi connectivity index (χ1v) is 11.2. The topological polar surface area (TPSA) is 80.7 Å². The number of ether oxygens (including phenoxy) is 1. The highest BCUT2D eigenvalue weighted by molar-refractivity contribution is 8.02. The number of sulfone groups is 1. The third kappa shape index (κ3) is 3.86. The first-order chi connectivity index (χ1) is 12.4. The maximum atomic E-state index is 13.3. The average molecular weight is 397 g/mol. The zero-order chi connectivity index (χ0) is 19.2. The number of hydrogen-bond acceptors (Lipinski definition) is 5. The van der Waals surface area contributed by atoms with Crippen molar-refractivity contribution in [3.63, 3.8) is 0 Å². The number of rotatable bonds is 7. The molecule has 1 N–H and O–H groups in total. The molecule has 0 radical (unpaired) electrons. The molecule has 2 unspecified atom stereocenters. The average Bonchev–Trinajstić information content (AvgIpc) is 2.64. The van der Waals surface area contributed by atoms with Crippen molar-refractivity contribution in [3.8, 4) is 17.6 Å². The van der Waals surface area contributed by atoms with E-state index in [2.05, 4.69) is 11.8 Å². The Balaban J connectivity index is 2.39. The van der Waals surface area contributed by atoms with E-state index in [1.807, 2.05) is 0 Å². The molecule has 0 amide bonds. The lowest BCUT2D eigenvalue weighted by molar-refractivity contribution is -0.140. The van der Waals surface area contributed by atoms with Crippen LogP contribution < -0.4 is 4.74 Å². The lowest BCUT2D eigenvalue weighted by Crippen LogP contribution is -2.54. The molecule has 1 fully saturated rings. The van der Waals surface area contributed by atoms with Gasteiger partial charge in [0.1, 0.15) is 12.4 Å². The van der Waals surface area contributed by atoms with E-state index < -0.39 is 25.8 Å². The van der Waals surface area contributed by atoms with Crippen LogP contribution in [0, 0.1) is 11.8 Å². The Morgan fingerprint density at radius 2 is 2.04 bits per heavy atom. The number of carboxylic acids is 1. The van der Waals surface area contributed by atoms with E-state index in [0.717, 1.165) is 18.6 Å². The van der Waals surface area contributed by atoms with Crippen LogP contribution in [-0.2, 0) is 14.6 Å². The summed E-state index contributed by atoms with van der Waals surface area (Å²) in [5.74, 6) is 5.50. The van der Waals surface area contributed by atoms with Crippen LogP contribution in [0.3, 0.4) is 0 Å². The van der Waals surface area contributed by atoms with Crippen molar-refractivity contribution in [1.82, 2.24) is 0 Å². The van der Waals surface area contributed by atoms with Gasteiger partial charge < -0.3 is 9.84 Å². The highest BCUT2D eigenvalue weighted by Crippen LogP contribution is 2.43. The summed E-state index contributed by atoms with van der Waals surface area (Å²) in [4.78, 5) is 12.2. The van der Waals surface area contributed by atoms with Crippen molar-refractivity contribution < 1.29 is 23.1 Å². The predicted octanol–water partition coefficient (Wildman–Crippen LogP) is 3.38. The largest absolute Gasteiger partial charge is 0.481 e. The highest BCUT2D eigenvalue weighted by atomic mass is 32.2. The zero-order valence-corrected chi connectivity index (χ0v) is 16.7. The SMILES string of the molecule is CC#CCOc1ccc(S(=O)(=O)C(CC)(C(=O)O)C2CCCCS2)cc1. The molecule has 1 aromatic rings. The molecule has 2 rings (SSSR count). The Labute approximate surface area is 159 Å². The van der Waals surface area contributed by atoms with Crippen LogP contribution in [0.15, 0.2) is 29.2 Å². The Morgan fingerprint density at radius 3 is 2.54 bits per heavy atom. The number of carbonyl (C=O) groups is 1. The zero-order valence-electron chi connectivity index (χ0n) is 15.0. The fourth-order valence-corrected chi connectivity index (χ4v) is 7.32. The van der Waals surface area contributed by atoms with Crippen LogP contribution in [0.4, 0.5) is 0 Å². The summed E-state index contributed by atoms with van der Waals surface area (Å²) in [6.07, 6.45) is 2.48. The van der Waals surface area contributed by atoms with Crippen LogP contribution in [0.2, 0.25) is 0 Å². The minimum absolute atomic E-state index is 0.0156. The summed E-state index contributed by atoms with van der Waals surface area (Å²) in [6, 6.07) is 5.93. The van der Waals surface area contributed by atoms with Gasteiger partial charge in [-0.1, -0.05) is 19.3 Å². The van der Waals surface area contributed by atoms with E-state index in [4.69, 9.17) is 4.74 Å². The van der Waals surface area contributed by atoms with Gasteiger partial charge in [-0.3, -0.25) is 4.79 Å². The van der Waals surface area contributed by atoms with E-state index in [1.165, 1.54) is 23.9 Å². The summed E-state index contributed by atoms with van der Waals surface area (Å²) in [6.45, 7) is 3.57. The molecule has 1 heterocycles. The highest BCUT2D eigenvalue weighted by Gasteiger charge is 2.56. The van der Waals surface area contributed by atoms with E-state index in [-0.39, 0.29) is 17.9 Å². The first-order valence-electron chi connectivity index (χ1n) is 8.62. The minimum Gasteiger partial charge on any atom is -0.481 e. The molecular formula is C19H24O5S2. The summed E-state index contributed by atoms with van der Waals surface area (Å²) in [5.41, 5.74) is 0. The lowest BCUT2D eigenvalue weighted by Gasteiger charge is -2.37. The van der Waals surface area contributed by atoms with Crippen LogP contribution >= 0.6 is 11.8 Å². The van der Waals surface area contributed by atoms with E-state index >= 15 is 0 Å². The van der Waals surface area contributed by atoms with Gasteiger partial charge in [-0.2, -0.15) is 11.8 Å². The van der Waals surface area contributed by atoms with Crippen molar-refractivity contribution in [1.29, 1.82) is 0 Å². The normalized spacial score (nSPS) is 19.7. The Hall–Kier alpha value is -1.65. The molecule has 2 atom stereocenters. The van der Waals surface area contributed by atoms with Gasteiger partial charge in [-0.05, 0) is 56.2 Å². The van der Waals surface area contributed by atoms with Gasteiger partial charge in [-0.15, -0.1) is 5.92 Å². The quantitative estimate of drug-likeness (QED) is 0.712. The van der Waals surface area contributed by atoms with Crippen LogP contribution in [0.5, 0.6) is 5.75 Å². The van der Waals surface area contributed by atoms with Crippen molar-refractivity contribution in [2.24, 2.45) is 0 Å². The molecule has 1 aromatic carbocycles. The molecule has 142 valence electrons. The van der Waals surface area contributed by atoms with Crippen LogP contribution in [0.1, 0.15) is 39.5 Å². The number of thioether (sulfide) groups is 1. The molecule has 0 spiro atoms. The monoisotopic (exact) mass is 396 g/mol. The number of hydrogen-bond donors (Lipinski definition) is 1.